The van der Waals surface area contributed by atoms with Crippen LogP contribution in [0.4, 0.5) is 5.13 Å². The third kappa shape index (κ3) is 3.15. The van der Waals surface area contributed by atoms with Crippen LogP contribution in [0.25, 0.3) is 0 Å². The van der Waals surface area contributed by atoms with Gasteiger partial charge >= 0.3 is 0 Å². The highest BCUT2D eigenvalue weighted by atomic mass is 32.1. The summed E-state index contributed by atoms with van der Waals surface area (Å²) in [5.41, 5.74) is 1.06. The average molecular weight is 342 g/mol. The number of hydrogen-bond acceptors (Lipinski definition) is 5. The first-order chi connectivity index (χ1) is 11.8. The average Bonchev–Trinajstić information content (AvgIpc) is 3.16. The van der Waals surface area contributed by atoms with Gasteiger partial charge in [0.1, 0.15) is 0 Å². The van der Waals surface area contributed by atoms with Crippen LogP contribution in [0.5, 0.6) is 0 Å². The van der Waals surface area contributed by atoms with Gasteiger partial charge in [-0.3, -0.25) is 9.78 Å². The van der Waals surface area contributed by atoms with Crippen molar-refractivity contribution in [3.05, 3.63) is 41.7 Å². The quantitative estimate of drug-likeness (QED) is 0.857. The van der Waals surface area contributed by atoms with Gasteiger partial charge in [0.25, 0.3) is 0 Å². The minimum Gasteiger partial charge on any atom is -0.348 e. The molecule has 2 saturated heterocycles. The Kier molecular flexibility index (Phi) is 4.47. The summed E-state index contributed by atoms with van der Waals surface area (Å²) in [5.74, 6) is 0.874. The number of anilines is 1. The zero-order chi connectivity index (χ0) is 16.4. The molecule has 2 aliphatic heterocycles. The number of rotatable bonds is 4. The normalized spacial score (nSPS) is 24.1. The molecule has 2 atom stereocenters. The fourth-order valence-corrected chi connectivity index (χ4v) is 4.65. The van der Waals surface area contributed by atoms with Gasteiger partial charge in [-0.2, -0.15) is 0 Å². The number of carbonyl (C=O) groups excluding carboxylic acids is 1. The molecule has 2 aromatic rings. The molecule has 4 heterocycles. The van der Waals surface area contributed by atoms with E-state index in [2.05, 4.69) is 19.8 Å². The van der Waals surface area contributed by atoms with Crippen molar-refractivity contribution >= 4 is 22.4 Å². The second kappa shape index (κ2) is 6.89. The SMILES string of the molecule is O=C1CC[C@@H]2CN(c3nccs3)CC[C@@H]2N1CCc1ccccn1. The first-order valence-electron chi connectivity index (χ1n) is 8.65. The van der Waals surface area contributed by atoms with Crippen LogP contribution in [-0.4, -0.2) is 46.5 Å². The third-order valence-electron chi connectivity index (χ3n) is 5.17. The predicted octanol–water partition coefficient (Wildman–Crippen LogP) is 2.60. The van der Waals surface area contributed by atoms with E-state index in [1.165, 1.54) is 0 Å². The largest absolute Gasteiger partial charge is 0.348 e. The Morgan fingerprint density at radius 2 is 2.17 bits per heavy atom. The third-order valence-corrected chi connectivity index (χ3v) is 6.00. The van der Waals surface area contributed by atoms with Gasteiger partial charge in [-0.25, -0.2) is 4.98 Å². The molecule has 0 bridgehead atoms. The van der Waals surface area contributed by atoms with Gasteiger partial charge in [0.05, 0.1) is 0 Å². The van der Waals surface area contributed by atoms with E-state index in [0.717, 1.165) is 49.7 Å². The number of fused-ring (bicyclic) bond motifs is 1. The first-order valence-corrected chi connectivity index (χ1v) is 9.53. The van der Waals surface area contributed by atoms with Gasteiger partial charge in [-0.1, -0.05) is 6.07 Å². The van der Waals surface area contributed by atoms with E-state index in [-0.39, 0.29) is 0 Å². The van der Waals surface area contributed by atoms with Crippen molar-refractivity contribution in [3.63, 3.8) is 0 Å². The molecule has 126 valence electrons. The Balaban J connectivity index is 1.42. The van der Waals surface area contributed by atoms with Crippen LogP contribution in [0.1, 0.15) is 25.0 Å². The molecule has 2 aliphatic rings. The van der Waals surface area contributed by atoms with Crippen molar-refractivity contribution in [2.75, 3.05) is 24.5 Å². The second-order valence-electron chi connectivity index (χ2n) is 6.57. The van der Waals surface area contributed by atoms with Crippen LogP contribution in [0.2, 0.25) is 0 Å². The summed E-state index contributed by atoms with van der Waals surface area (Å²) in [7, 11) is 0. The van der Waals surface area contributed by atoms with Crippen LogP contribution >= 0.6 is 11.3 Å². The zero-order valence-electron chi connectivity index (χ0n) is 13.7. The summed E-state index contributed by atoms with van der Waals surface area (Å²) in [6.07, 6.45) is 7.25. The lowest BCUT2D eigenvalue weighted by atomic mass is 9.83. The highest BCUT2D eigenvalue weighted by Gasteiger charge is 2.39. The lowest BCUT2D eigenvalue weighted by Gasteiger charge is -2.47. The monoisotopic (exact) mass is 342 g/mol. The van der Waals surface area contributed by atoms with E-state index < -0.39 is 0 Å². The van der Waals surface area contributed by atoms with E-state index in [4.69, 9.17) is 0 Å². The molecule has 24 heavy (non-hydrogen) atoms. The van der Waals surface area contributed by atoms with Crippen LogP contribution in [0, 0.1) is 5.92 Å². The molecule has 0 aromatic carbocycles. The van der Waals surface area contributed by atoms with E-state index in [0.29, 0.717) is 24.3 Å². The number of pyridine rings is 1. The molecule has 0 aliphatic carbocycles. The van der Waals surface area contributed by atoms with Crippen molar-refractivity contribution < 1.29 is 4.79 Å². The Morgan fingerprint density at radius 1 is 1.21 bits per heavy atom. The minimum atomic E-state index is 0.315. The van der Waals surface area contributed by atoms with Gasteiger partial charge in [0.2, 0.25) is 5.91 Å². The minimum absolute atomic E-state index is 0.315. The number of aromatic nitrogens is 2. The smallest absolute Gasteiger partial charge is 0.222 e. The summed E-state index contributed by atoms with van der Waals surface area (Å²) >= 11 is 1.70. The van der Waals surface area contributed by atoms with Crippen molar-refractivity contribution in [2.24, 2.45) is 5.92 Å². The fourth-order valence-electron chi connectivity index (χ4n) is 3.97. The molecule has 0 N–H and O–H groups in total. The molecule has 0 unspecified atom stereocenters. The standard InChI is InChI=1S/C18H22N4OS/c23-17-5-4-14-13-21(18-20-9-12-24-18)10-7-16(14)22(17)11-6-15-3-1-2-8-19-15/h1-3,8-9,12,14,16H,4-7,10-11,13H2/t14-,16+/m1/s1. The number of hydrogen-bond donors (Lipinski definition) is 0. The highest BCUT2D eigenvalue weighted by Crippen LogP contribution is 2.33. The lowest BCUT2D eigenvalue weighted by Crippen LogP contribution is -2.56. The Labute approximate surface area is 146 Å². The molecule has 5 nitrogen and oxygen atoms in total. The number of thiazole rings is 1. The molecule has 2 fully saturated rings. The first kappa shape index (κ1) is 15.6. The van der Waals surface area contributed by atoms with Gasteiger partial charge in [-0.15, -0.1) is 11.3 Å². The van der Waals surface area contributed by atoms with Crippen LogP contribution < -0.4 is 4.90 Å². The summed E-state index contributed by atoms with van der Waals surface area (Å²) in [5, 5.41) is 3.15. The molecular weight excluding hydrogens is 320 g/mol. The Hall–Kier alpha value is -1.95. The summed E-state index contributed by atoms with van der Waals surface area (Å²) in [4.78, 5) is 25.8. The molecular formula is C18H22N4OS. The van der Waals surface area contributed by atoms with Gasteiger partial charge in [-0.05, 0) is 30.9 Å². The number of likely N-dealkylation sites (tertiary alicyclic amines) is 1. The molecule has 2 aromatic heterocycles. The zero-order valence-corrected chi connectivity index (χ0v) is 14.5. The maximum atomic E-state index is 12.5. The van der Waals surface area contributed by atoms with Crippen molar-refractivity contribution in [3.8, 4) is 0 Å². The topological polar surface area (TPSA) is 49.3 Å². The van der Waals surface area contributed by atoms with Gasteiger partial charge in [0.15, 0.2) is 5.13 Å². The van der Waals surface area contributed by atoms with Gasteiger partial charge in [0, 0.05) is 62.0 Å². The maximum absolute atomic E-state index is 12.5. The summed E-state index contributed by atoms with van der Waals surface area (Å²) < 4.78 is 0. The molecule has 1 amide bonds. The fraction of sp³-hybridized carbons (Fsp3) is 0.500. The molecule has 6 heteroatoms. The predicted molar refractivity (Wildman–Crippen MR) is 95.1 cm³/mol. The maximum Gasteiger partial charge on any atom is 0.222 e. The second-order valence-corrected chi connectivity index (χ2v) is 7.45. The van der Waals surface area contributed by atoms with E-state index in [1.54, 1.807) is 11.3 Å². The molecule has 4 rings (SSSR count). The summed E-state index contributed by atoms with van der Waals surface area (Å²) in [6, 6.07) is 6.36. The number of amides is 1. The van der Waals surface area contributed by atoms with E-state index in [1.807, 2.05) is 36.0 Å². The van der Waals surface area contributed by atoms with Crippen molar-refractivity contribution in [2.45, 2.75) is 31.7 Å². The van der Waals surface area contributed by atoms with Gasteiger partial charge < -0.3 is 9.80 Å². The van der Waals surface area contributed by atoms with Crippen molar-refractivity contribution in [1.29, 1.82) is 0 Å². The van der Waals surface area contributed by atoms with E-state index >= 15 is 0 Å². The molecule has 0 saturated carbocycles. The van der Waals surface area contributed by atoms with Crippen LogP contribution in [0.3, 0.4) is 0 Å². The Bertz CT molecular complexity index is 676. The van der Waals surface area contributed by atoms with E-state index in [9.17, 15) is 4.79 Å². The Morgan fingerprint density at radius 3 is 2.96 bits per heavy atom. The van der Waals surface area contributed by atoms with Crippen molar-refractivity contribution in [1.82, 2.24) is 14.9 Å². The van der Waals surface area contributed by atoms with Crippen LogP contribution in [-0.2, 0) is 11.2 Å². The summed E-state index contributed by atoms with van der Waals surface area (Å²) in [6.45, 7) is 2.79. The highest BCUT2D eigenvalue weighted by molar-refractivity contribution is 7.13. The molecule has 0 spiro atoms. The number of carbonyl (C=O) groups is 1. The molecule has 0 radical (unpaired) electrons. The lowest BCUT2D eigenvalue weighted by molar-refractivity contribution is -0.139. The van der Waals surface area contributed by atoms with Crippen LogP contribution in [0.15, 0.2) is 36.0 Å². The number of piperidine rings is 2. The number of nitrogens with zero attached hydrogens (tertiary/aromatic N) is 4.